The van der Waals surface area contributed by atoms with Gasteiger partial charge in [0.25, 0.3) is 0 Å². The number of phenolic OH excluding ortho intramolecular Hbond substituents is 1. The molecule has 0 aliphatic rings. The van der Waals surface area contributed by atoms with Crippen LogP contribution in [0.1, 0.15) is 16.7 Å². The third kappa shape index (κ3) is 2.78. The first-order valence-corrected chi connectivity index (χ1v) is 5.75. The summed E-state index contributed by atoms with van der Waals surface area (Å²) in [6, 6.07) is 13.5. The van der Waals surface area contributed by atoms with Gasteiger partial charge < -0.3 is 10.4 Å². The van der Waals surface area contributed by atoms with Gasteiger partial charge in [-0.05, 0) is 48.7 Å². The van der Waals surface area contributed by atoms with Crippen molar-refractivity contribution < 1.29 is 5.11 Å². The van der Waals surface area contributed by atoms with Gasteiger partial charge >= 0.3 is 0 Å². The number of benzene rings is 2. The number of phenols is 1. The second-order valence-electron chi connectivity index (χ2n) is 4.27. The highest BCUT2D eigenvalue weighted by molar-refractivity contribution is 5.53. The molecule has 0 fully saturated rings. The number of hydrogen-bond donors (Lipinski definition) is 2. The van der Waals surface area contributed by atoms with Gasteiger partial charge in [-0.15, -0.1) is 0 Å². The maximum Gasteiger partial charge on any atom is 0.115 e. The number of anilines is 1. The number of aryl methyl sites for hydroxylation is 1. The van der Waals surface area contributed by atoms with Crippen LogP contribution in [0.5, 0.6) is 5.75 Å². The van der Waals surface area contributed by atoms with Crippen LogP contribution in [0.3, 0.4) is 0 Å². The quantitative estimate of drug-likeness (QED) is 0.839. The Labute approximate surface area is 102 Å². The van der Waals surface area contributed by atoms with E-state index >= 15 is 0 Å². The summed E-state index contributed by atoms with van der Waals surface area (Å²) >= 11 is 0. The molecule has 0 atom stereocenters. The van der Waals surface area contributed by atoms with Gasteiger partial charge in [0.1, 0.15) is 5.75 Å². The van der Waals surface area contributed by atoms with Gasteiger partial charge in [0.2, 0.25) is 0 Å². The van der Waals surface area contributed by atoms with Gasteiger partial charge in [-0.25, -0.2) is 0 Å². The molecular weight excluding hydrogens is 210 g/mol. The molecule has 0 heterocycles. The Morgan fingerprint density at radius 3 is 2.41 bits per heavy atom. The summed E-state index contributed by atoms with van der Waals surface area (Å²) in [5.41, 5.74) is 4.90. The van der Waals surface area contributed by atoms with E-state index in [1.165, 1.54) is 11.1 Å². The molecule has 0 unspecified atom stereocenters. The Hall–Kier alpha value is -1.96. The number of aromatic hydroxyl groups is 1. The molecule has 0 spiro atoms. The zero-order valence-corrected chi connectivity index (χ0v) is 10.2. The number of rotatable bonds is 3. The van der Waals surface area contributed by atoms with E-state index in [9.17, 15) is 5.11 Å². The van der Waals surface area contributed by atoms with Crippen LogP contribution in [0.15, 0.2) is 42.5 Å². The second-order valence-corrected chi connectivity index (χ2v) is 4.27. The lowest BCUT2D eigenvalue weighted by Crippen LogP contribution is -2.01. The molecule has 2 N–H and O–H groups in total. The average Bonchev–Trinajstić information content (AvgIpc) is 2.33. The van der Waals surface area contributed by atoms with E-state index in [1.807, 2.05) is 12.1 Å². The van der Waals surface area contributed by atoms with Gasteiger partial charge in [-0.2, -0.15) is 0 Å². The molecule has 2 aromatic rings. The predicted octanol–water partition coefficient (Wildman–Crippen LogP) is 3.62. The highest BCUT2D eigenvalue weighted by Crippen LogP contribution is 2.19. The first kappa shape index (κ1) is 11.5. The van der Waals surface area contributed by atoms with E-state index in [-0.39, 0.29) is 0 Å². The molecular formula is C15H17NO. The van der Waals surface area contributed by atoms with Crippen molar-refractivity contribution in [2.24, 2.45) is 0 Å². The van der Waals surface area contributed by atoms with Crippen LogP contribution in [-0.2, 0) is 6.54 Å². The minimum atomic E-state index is 0.306. The van der Waals surface area contributed by atoms with Crippen molar-refractivity contribution in [1.82, 2.24) is 0 Å². The summed E-state index contributed by atoms with van der Waals surface area (Å²) in [5, 5.41) is 12.6. The SMILES string of the molecule is Cc1cccc(NCc2ccc(O)cc2)c1C. The Bertz CT molecular complexity index is 503. The second kappa shape index (κ2) is 4.91. The van der Waals surface area contributed by atoms with Crippen molar-refractivity contribution in [3.63, 3.8) is 0 Å². The van der Waals surface area contributed by atoms with E-state index < -0.39 is 0 Å². The summed E-state index contributed by atoms with van der Waals surface area (Å²) < 4.78 is 0. The van der Waals surface area contributed by atoms with Gasteiger partial charge in [0.05, 0.1) is 0 Å². The van der Waals surface area contributed by atoms with Crippen molar-refractivity contribution in [2.75, 3.05) is 5.32 Å². The standard InChI is InChI=1S/C15H17NO/c1-11-4-3-5-15(12(11)2)16-10-13-6-8-14(17)9-7-13/h3-9,16-17H,10H2,1-2H3. The molecule has 2 rings (SSSR count). The van der Waals surface area contributed by atoms with Gasteiger partial charge in [-0.3, -0.25) is 0 Å². The topological polar surface area (TPSA) is 32.3 Å². The summed E-state index contributed by atoms with van der Waals surface area (Å²) in [4.78, 5) is 0. The molecule has 0 saturated heterocycles. The zero-order chi connectivity index (χ0) is 12.3. The molecule has 2 heteroatoms. The Morgan fingerprint density at radius 2 is 1.71 bits per heavy atom. The summed E-state index contributed by atoms with van der Waals surface area (Å²) in [6.07, 6.45) is 0. The Morgan fingerprint density at radius 1 is 1.00 bits per heavy atom. The van der Waals surface area contributed by atoms with Crippen molar-refractivity contribution in [1.29, 1.82) is 0 Å². The molecule has 2 aromatic carbocycles. The molecule has 0 amide bonds. The maximum atomic E-state index is 9.20. The monoisotopic (exact) mass is 227 g/mol. The van der Waals surface area contributed by atoms with Crippen LogP contribution >= 0.6 is 0 Å². The highest BCUT2D eigenvalue weighted by Gasteiger charge is 2.00. The smallest absolute Gasteiger partial charge is 0.115 e. The van der Waals surface area contributed by atoms with Gasteiger partial charge in [0.15, 0.2) is 0 Å². The fourth-order valence-corrected chi connectivity index (χ4v) is 1.75. The number of hydrogen-bond acceptors (Lipinski definition) is 2. The maximum absolute atomic E-state index is 9.20. The normalized spacial score (nSPS) is 10.2. The van der Waals surface area contributed by atoms with Crippen molar-refractivity contribution in [3.05, 3.63) is 59.2 Å². The van der Waals surface area contributed by atoms with Gasteiger partial charge in [-0.1, -0.05) is 24.3 Å². The first-order chi connectivity index (χ1) is 8.16. The molecule has 0 saturated carbocycles. The summed E-state index contributed by atoms with van der Waals surface area (Å²) in [7, 11) is 0. The van der Waals surface area contributed by atoms with Crippen LogP contribution < -0.4 is 5.32 Å². The first-order valence-electron chi connectivity index (χ1n) is 5.75. The molecule has 0 radical (unpaired) electrons. The fourth-order valence-electron chi connectivity index (χ4n) is 1.75. The average molecular weight is 227 g/mol. The lowest BCUT2D eigenvalue weighted by Gasteiger charge is -2.11. The highest BCUT2D eigenvalue weighted by atomic mass is 16.3. The lowest BCUT2D eigenvalue weighted by molar-refractivity contribution is 0.475. The van der Waals surface area contributed by atoms with Crippen LogP contribution in [0.2, 0.25) is 0 Å². The van der Waals surface area contributed by atoms with E-state index in [4.69, 9.17) is 0 Å². The van der Waals surface area contributed by atoms with Crippen molar-refractivity contribution in [2.45, 2.75) is 20.4 Å². The molecule has 0 aliphatic heterocycles. The fraction of sp³-hybridized carbons (Fsp3) is 0.200. The van der Waals surface area contributed by atoms with Crippen LogP contribution in [0.25, 0.3) is 0 Å². The van der Waals surface area contributed by atoms with Crippen LogP contribution in [-0.4, -0.2) is 5.11 Å². The number of nitrogens with one attached hydrogen (secondary N) is 1. The van der Waals surface area contributed by atoms with Crippen LogP contribution in [0.4, 0.5) is 5.69 Å². The Balaban J connectivity index is 2.07. The third-order valence-corrected chi connectivity index (χ3v) is 3.02. The molecule has 88 valence electrons. The minimum Gasteiger partial charge on any atom is -0.508 e. The molecule has 17 heavy (non-hydrogen) atoms. The van der Waals surface area contributed by atoms with Crippen molar-refractivity contribution >= 4 is 5.69 Å². The minimum absolute atomic E-state index is 0.306. The Kier molecular flexibility index (Phi) is 3.33. The van der Waals surface area contributed by atoms with E-state index in [2.05, 4.69) is 37.4 Å². The van der Waals surface area contributed by atoms with E-state index in [0.717, 1.165) is 17.8 Å². The predicted molar refractivity (Wildman–Crippen MR) is 71.3 cm³/mol. The summed E-state index contributed by atoms with van der Waals surface area (Å²) in [5.74, 6) is 0.306. The van der Waals surface area contributed by atoms with E-state index in [1.54, 1.807) is 12.1 Å². The molecule has 0 aromatic heterocycles. The molecule has 0 aliphatic carbocycles. The van der Waals surface area contributed by atoms with Crippen molar-refractivity contribution in [3.8, 4) is 5.75 Å². The largest absolute Gasteiger partial charge is 0.508 e. The summed E-state index contributed by atoms with van der Waals surface area (Å²) in [6.45, 7) is 5.00. The van der Waals surface area contributed by atoms with Gasteiger partial charge in [0, 0.05) is 12.2 Å². The third-order valence-electron chi connectivity index (χ3n) is 3.02. The van der Waals surface area contributed by atoms with Crippen LogP contribution in [0, 0.1) is 13.8 Å². The molecule has 2 nitrogen and oxygen atoms in total. The molecule has 0 bridgehead atoms. The van der Waals surface area contributed by atoms with E-state index in [0.29, 0.717) is 5.75 Å². The zero-order valence-electron chi connectivity index (χ0n) is 10.2. The lowest BCUT2D eigenvalue weighted by atomic mass is 10.1.